The van der Waals surface area contributed by atoms with Gasteiger partial charge in [-0.2, -0.15) is 4.98 Å². The van der Waals surface area contributed by atoms with Gasteiger partial charge in [-0.15, -0.1) is 0 Å². The van der Waals surface area contributed by atoms with Gasteiger partial charge >= 0.3 is 18.1 Å². The van der Waals surface area contributed by atoms with Crippen LogP contribution in [0.1, 0.15) is 30.9 Å². The molecule has 2 fully saturated rings. The van der Waals surface area contributed by atoms with E-state index < -0.39 is 67.1 Å². The molecule has 7 atom stereocenters. The van der Waals surface area contributed by atoms with Crippen LogP contribution >= 0.6 is 6.72 Å². The molecule has 1 unspecified atom stereocenters. The number of aryl methyl sites for hydroxylation is 1. The number of nitrogens with zero attached hydrogens (tertiary/aromatic N) is 3. The smallest absolute Gasteiger partial charge is 0.351 e. The Hall–Kier alpha value is -2.27. The molecule has 2 aliphatic rings. The number of anilines is 1. The van der Waals surface area contributed by atoms with E-state index in [-0.39, 0.29) is 30.8 Å². The lowest BCUT2D eigenvalue weighted by Crippen LogP contribution is -2.33. The first-order chi connectivity index (χ1) is 17.0. The zero-order valence-corrected chi connectivity index (χ0v) is 20.7. The van der Waals surface area contributed by atoms with Crippen molar-refractivity contribution in [3.8, 4) is 0 Å². The SMILES string of the molecule is Cc1cn([C@H]2C[C@H](OP(O)(=S)OC[C@H]3O[C@@H](n4ccc(N)nc4=O)C[C@@H]3O)[C@@H](CO)O2)c(=O)[nH]c1=O. The average molecular weight is 547 g/mol. The maximum absolute atomic E-state index is 12.2. The van der Waals surface area contributed by atoms with Crippen molar-refractivity contribution in [1.29, 1.82) is 0 Å². The number of nitrogens with one attached hydrogen (secondary N) is 1. The second kappa shape index (κ2) is 10.6. The highest BCUT2D eigenvalue weighted by molar-refractivity contribution is 8.07. The van der Waals surface area contributed by atoms with Gasteiger partial charge in [0.2, 0.25) is 0 Å². The van der Waals surface area contributed by atoms with Gasteiger partial charge < -0.3 is 39.4 Å². The molecule has 0 saturated carbocycles. The number of hydrogen-bond acceptors (Lipinski definition) is 12. The fourth-order valence-electron chi connectivity index (χ4n) is 4.00. The Morgan fingerprint density at radius 1 is 1.25 bits per heavy atom. The molecule has 15 nitrogen and oxygen atoms in total. The van der Waals surface area contributed by atoms with Crippen molar-refractivity contribution in [3.63, 3.8) is 0 Å². The largest absolute Gasteiger partial charge is 0.394 e. The summed E-state index contributed by atoms with van der Waals surface area (Å²) in [5, 5.41) is 20.0. The maximum Gasteiger partial charge on any atom is 0.351 e. The molecule has 0 spiro atoms. The summed E-state index contributed by atoms with van der Waals surface area (Å²) in [6.45, 7) is -3.24. The van der Waals surface area contributed by atoms with Crippen molar-refractivity contribution in [3.05, 3.63) is 55.3 Å². The molecule has 0 amide bonds. The molecule has 0 aliphatic carbocycles. The highest BCUT2D eigenvalue weighted by Crippen LogP contribution is 2.49. The van der Waals surface area contributed by atoms with Gasteiger partial charge in [0.25, 0.3) is 5.56 Å². The molecule has 0 aromatic carbocycles. The van der Waals surface area contributed by atoms with Crippen LogP contribution in [0.3, 0.4) is 0 Å². The predicted octanol–water partition coefficient (Wildman–Crippen LogP) is -1.77. The van der Waals surface area contributed by atoms with Crippen LogP contribution in [0.5, 0.6) is 0 Å². The molecule has 17 heteroatoms. The molecule has 6 N–H and O–H groups in total. The van der Waals surface area contributed by atoms with Crippen LogP contribution in [0.15, 0.2) is 32.8 Å². The molecule has 4 heterocycles. The van der Waals surface area contributed by atoms with Crippen LogP contribution in [-0.4, -0.2) is 71.8 Å². The Kier molecular flexibility index (Phi) is 7.89. The number of aromatic amines is 1. The van der Waals surface area contributed by atoms with Crippen LogP contribution in [0.4, 0.5) is 5.82 Å². The fraction of sp³-hybridized carbons (Fsp3) is 0.579. The number of nitrogens with two attached hydrogens (primary N) is 1. The summed E-state index contributed by atoms with van der Waals surface area (Å²) >= 11 is 5.08. The van der Waals surface area contributed by atoms with Gasteiger partial charge in [-0.1, -0.05) is 0 Å². The number of hydrogen-bond donors (Lipinski definition) is 5. The van der Waals surface area contributed by atoms with Gasteiger partial charge in [-0.3, -0.25) is 18.9 Å². The van der Waals surface area contributed by atoms with Gasteiger partial charge in [-0.25, -0.2) is 9.59 Å². The van der Waals surface area contributed by atoms with Gasteiger partial charge in [0.15, 0.2) is 0 Å². The van der Waals surface area contributed by atoms with E-state index in [4.69, 9.17) is 36.1 Å². The van der Waals surface area contributed by atoms with E-state index in [9.17, 15) is 29.5 Å². The Morgan fingerprint density at radius 2 is 1.94 bits per heavy atom. The standard InChI is InChI=1S/C19H26N5O10PS/c1-9-6-24(19(29)22-17(9)27)16-5-11(12(7-25)32-16)34-35(30,36)31-8-13-10(26)4-15(33-13)23-3-2-14(20)21-18(23)28/h2-3,6,10-13,15-16,25-26H,4-5,7-8H2,1H3,(H,30,36)(H2,20,21,28)(H,22,27,29)/t10-,11-,12+,13+,15+,16+,35?/m0/s1. The van der Waals surface area contributed by atoms with Crippen LogP contribution in [-0.2, 0) is 30.3 Å². The van der Waals surface area contributed by atoms with E-state index in [0.29, 0.717) is 0 Å². The Morgan fingerprint density at radius 3 is 2.64 bits per heavy atom. The third kappa shape index (κ3) is 5.82. The molecular formula is C19H26N5O10PS. The quantitative estimate of drug-likeness (QED) is 0.232. The monoisotopic (exact) mass is 547 g/mol. The molecule has 198 valence electrons. The van der Waals surface area contributed by atoms with E-state index in [2.05, 4.69) is 9.97 Å². The lowest BCUT2D eigenvalue weighted by Gasteiger charge is -2.24. The van der Waals surface area contributed by atoms with Crippen LogP contribution in [0, 0.1) is 6.92 Å². The molecule has 2 aromatic rings. The van der Waals surface area contributed by atoms with E-state index >= 15 is 0 Å². The number of ether oxygens (including phenoxy) is 2. The molecule has 0 radical (unpaired) electrons. The van der Waals surface area contributed by atoms with Crippen LogP contribution < -0.4 is 22.7 Å². The van der Waals surface area contributed by atoms with E-state index in [0.717, 1.165) is 4.57 Å². The fourth-order valence-corrected chi connectivity index (χ4v) is 5.47. The Labute approximate surface area is 208 Å². The maximum atomic E-state index is 12.2. The Bertz CT molecular complexity index is 1330. The number of aliphatic hydroxyl groups excluding tert-OH is 2. The lowest BCUT2D eigenvalue weighted by molar-refractivity contribution is -0.0531. The third-order valence-electron chi connectivity index (χ3n) is 5.85. The number of aliphatic hydroxyl groups is 2. The van der Waals surface area contributed by atoms with Gasteiger partial charge in [0.1, 0.15) is 30.5 Å². The molecule has 36 heavy (non-hydrogen) atoms. The van der Waals surface area contributed by atoms with E-state index in [1.54, 1.807) is 0 Å². The first-order valence-electron chi connectivity index (χ1n) is 10.9. The summed E-state index contributed by atoms with van der Waals surface area (Å²) in [7, 11) is 0. The molecular weight excluding hydrogens is 521 g/mol. The summed E-state index contributed by atoms with van der Waals surface area (Å²) in [5.41, 5.74) is 3.89. The van der Waals surface area contributed by atoms with Crippen LogP contribution in [0.25, 0.3) is 0 Å². The van der Waals surface area contributed by atoms with E-state index in [1.807, 2.05) is 0 Å². The van der Waals surface area contributed by atoms with Crippen molar-refractivity contribution >= 4 is 24.3 Å². The summed E-state index contributed by atoms with van der Waals surface area (Å²) in [5.74, 6) is 0.0488. The van der Waals surface area contributed by atoms with Gasteiger partial charge in [0, 0.05) is 30.8 Å². The van der Waals surface area contributed by atoms with Gasteiger partial charge in [-0.05, 0) is 24.8 Å². The highest BCUT2D eigenvalue weighted by atomic mass is 32.5. The topological polar surface area (TPSA) is 213 Å². The lowest BCUT2D eigenvalue weighted by atomic mass is 10.2. The Balaban J connectivity index is 1.38. The highest BCUT2D eigenvalue weighted by Gasteiger charge is 2.41. The summed E-state index contributed by atoms with van der Waals surface area (Å²) in [6, 6.07) is 1.42. The zero-order chi connectivity index (χ0) is 26.2. The number of aromatic nitrogens is 4. The number of H-pyrrole nitrogens is 1. The third-order valence-corrected chi connectivity index (χ3v) is 7.44. The van der Waals surface area contributed by atoms with Crippen molar-refractivity contribution in [2.24, 2.45) is 0 Å². The second-order valence-electron chi connectivity index (χ2n) is 8.41. The van der Waals surface area contributed by atoms with Crippen LogP contribution in [0.2, 0.25) is 0 Å². The second-order valence-corrected chi connectivity index (χ2v) is 11.2. The summed E-state index contributed by atoms with van der Waals surface area (Å²) < 4.78 is 24.6. The molecule has 2 aliphatic heterocycles. The normalized spacial score (nSPS) is 29.9. The first-order valence-corrected chi connectivity index (χ1v) is 13.5. The first kappa shape index (κ1) is 26.8. The summed E-state index contributed by atoms with van der Waals surface area (Å²) in [4.78, 5) is 52.2. The minimum atomic E-state index is -3.92. The average Bonchev–Trinajstić information content (AvgIpc) is 3.37. The van der Waals surface area contributed by atoms with Crippen molar-refractivity contribution < 1.29 is 33.6 Å². The van der Waals surface area contributed by atoms with Gasteiger partial charge in [0.05, 0.1) is 25.4 Å². The van der Waals surface area contributed by atoms with Crippen molar-refractivity contribution in [1.82, 2.24) is 19.1 Å². The summed E-state index contributed by atoms with van der Waals surface area (Å²) in [6.07, 6.45) is -2.74. The van der Waals surface area contributed by atoms with Crippen molar-refractivity contribution in [2.75, 3.05) is 18.9 Å². The number of rotatable bonds is 8. The van der Waals surface area contributed by atoms with E-state index in [1.165, 1.54) is 30.0 Å². The molecule has 0 bridgehead atoms. The minimum Gasteiger partial charge on any atom is -0.394 e. The molecule has 4 rings (SSSR count). The van der Waals surface area contributed by atoms with Crippen molar-refractivity contribution in [2.45, 2.75) is 56.6 Å². The number of nitrogen functional groups attached to an aromatic ring is 1. The predicted molar refractivity (Wildman–Crippen MR) is 126 cm³/mol. The zero-order valence-electron chi connectivity index (χ0n) is 19.0. The minimum absolute atomic E-state index is 0.0244. The molecule has 2 saturated heterocycles. The molecule has 2 aromatic heterocycles.